The lowest BCUT2D eigenvalue weighted by atomic mass is 10.2. The fraction of sp³-hybridized carbons (Fsp3) is 0.0625. The van der Waals surface area contributed by atoms with Crippen molar-refractivity contribution in [2.45, 2.75) is 0 Å². The highest BCUT2D eigenvalue weighted by Gasteiger charge is 2.18. The lowest BCUT2D eigenvalue weighted by molar-refractivity contribution is -0.118. The minimum atomic E-state index is -0.535. The van der Waals surface area contributed by atoms with E-state index in [1.807, 2.05) is 0 Å². The van der Waals surface area contributed by atoms with Gasteiger partial charge in [0.25, 0.3) is 11.5 Å². The molecule has 0 aliphatic heterocycles. The number of benzene rings is 4. The van der Waals surface area contributed by atoms with E-state index < -0.39 is 23.9 Å². The van der Waals surface area contributed by atoms with Crippen LogP contribution in [0.2, 0.25) is 10.0 Å². The van der Waals surface area contributed by atoms with Crippen LogP contribution in [0.3, 0.4) is 0 Å². The molecular formula is C32H21Cl2FN4O5. The van der Waals surface area contributed by atoms with Gasteiger partial charge in [0.2, 0.25) is 5.82 Å². The molecule has 9 nitrogen and oxygen atoms in total. The summed E-state index contributed by atoms with van der Waals surface area (Å²) in [6.07, 6.45) is 1.39. The lowest BCUT2D eigenvalue weighted by Crippen LogP contribution is -2.20. The van der Waals surface area contributed by atoms with E-state index in [0.717, 1.165) is 4.68 Å². The number of carbonyl (C=O) groups excluding carboxylic acids is 1. The Bertz CT molecular complexity index is 2120. The van der Waals surface area contributed by atoms with Gasteiger partial charge in [-0.2, -0.15) is 9.78 Å². The van der Waals surface area contributed by atoms with Crippen LogP contribution in [-0.2, 0) is 4.79 Å². The summed E-state index contributed by atoms with van der Waals surface area (Å²) in [5, 5.41) is 8.23. The fourth-order valence-electron chi connectivity index (χ4n) is 4.53. The standard InChI is InChI=1S/C32H21Cl2FN4O5/c1-42-26-10-5-11-27-22(26)15-28(44-27)31-38-25-9-3-2-8-21(25)32(41)39(31)36-16-18-12-23(33)30(24(34)13-18)43-17-29(40)37-20-7-4-6-19(35)14-20/h2-16H,17H2,1H3,(H,37,40). The Kier molecular flexibility index (Phi) is 8.01. The molecule has 0 bridgehead atoms. The molecule has 2 aromatic heterocycles. The van der Waals surface area contributed by atoms with Crippen LogP contribution in [-0.4, -0.2) is 35.5 Å². The average molecular weight is 631 g/mol. The molecule has 0 fully saturated rings. The summed E-state index contributed by atoms with van der Waals surface area (Å²) in [4.78, 5) is 30.6. The first kappa shape index (κ1) is 28.9. The molecule has 12 heteroatoms. The molecule has 1 N–H and O–H groups in total. The van der Waals surface area contributed by atoms with Crippen LogP contribution >= 0.6 is 23.2 Å². The van der Waals surface area contributed by atoms with Gasteiger partial charge >= 0.3 is 0 Å². The molecule has 0 atom stereocenters. The average Bonchev–Trinajstić information content (AvgIpc) is 3.45. The zero-order valence-electron chi connectivity index (χ0n) is 22.9. The van der Waals surface area contributed by atoms with Gasteiger partial charge in [0, 0.05) is 5.69 Å². The third kappa shape index (κ3) is 5.85. The first-order valence-corrected chi connectivity index (χ1v) is 13.9. The highest BCUT2D eigenvalue weighted by atomic mass is 35.5. The quantitative estimate of drug-likeness (QED) is 0.179. The van der Waals surface area contributed by atoms with Crippen LogP contribution in [0.4, 0.5) is 10.1 Å². The van der Waals surface area contributed by atoms with Crippen LogP contribution in [0.5, 0.6) is 11.5 Å². The van der Waals surface area contributed by atoms with Crippen LogP contribution in [0, 0.1) is 5.82 Å². The number of amides is 1. The number of halogens is 3. The minimum Gasteiger partial charge on any atom is -0.496 e. The number of fused-ring (bicyclic) bond motifs is 2. The molecule has 44 heavy (non-hydrogen) atoms. The predicted molar refractivity (Wildman–Crippen MR) is 168 cm³/mol. The van der Waals surface area contributed by atoms with E-state index in [2.05, 4.69) is 15.4 Å². The Morgan fingerprint density at radius 1 is 1.02 bits per heavy atom. The van der Waals surface area contributed by atoms with Gasteiger partial charge in [0.15, 0.2) is 18.1 Å². The highest BCUT2D eigenvalue weighted by molar-refractivity contribution is 6.37. The summed E-state index contributed by atoms with van der Waals surface area (Å²) >= 11 is 12.9. The first-order valence-electron chi connectivity index (χ1n) is 13.1. The van der Waals surface area contributed by atoms with Crippen molar-refractivity contribution in [3.63, 3.8) is 0 Å². The molecule has 0 radical (unpaired) electrons. The Morgan fingerprint density at radius 3 is 2.57 bits per heavy atom. The topological polar surface area (TPSA) is 108 Å². The molecule has 0 saturated heterocycles. The van der Waals surface area contributed by atoms with Crippen molar-refractivity contribution in [1.29, 1.82) is 0 Å². The van der Waals surface area contributed by atoms with E-state index in [1.54, 1.807) is 61.7 Å². The number of methoxy groups -OCH3 is 1. The van der Waals surface area contributed by atoms with Gasteiger partial charge in [-0.25, -0.2) is 9.37 Å². The minimum absolute atomic E-state index is 0.0707. The van der Waals surface area contributed by atoms with Gasteiger partial charge in [-0.1, -0.05) is 47.5 Å². The number of nitrogens with one attached hydrogen (secondary N) is 1. The van der Waals surface area contributed by atoms with Crippen LogP contribution in [0.25, 0.3) is 33.5 Å². The predicted octanol–water partition coefficient (Wildman–Crippen LogP) is 7.16. The van der Waals surface area contributed by atoms with E-state index >= 15 is 0 Å². The number of furan rings is 1. The maximum Gasteiger partial charge on any atom is 0.282 e. The van der Waals surface area contributed by atoms with E-state index in [1.165, 1.54) is 36.5 Å². The second-order valence-corrected chi connectivity index (χ2v) is 10.3. The molecule has 0 spiro atoms. The smallest absolute Gasteiger partial charge is 0.282 e. The van der Waals surface area contributed by atoms with E-state index in [4.69, 9.17) is 37.1 Å². The van der Waals surface area contributed by atoms with E-state index in [-0.39, 0.29) is 27.3 Å². The van der Waals surface area contributed by atoms with Gasteiger partial charge in [-0.3, -0.25) is 9.59 Å². The molecule has 220 valence electrons. The fourth-order valence-corrected chi connectivity index (χ4v) is 5.14. The number of rotatable bonds is 8. The summed E-state index contributed by atoms with van der Waals surface area (Å²) in [5.41, 5.74) is 1.32. The van der Waals surface area contributed by atoms with Crippen molar-refractivity contribution in [2.24, 2.45) is 5.10 Å². The zero-order chi connectivity index (χ0) is 30.8. The molecule has 0 unspecified atom stereocenters. The molecule has 6 rings (SSSR count). The van der Waals surface area contributed by atoms with Crippen molar-refractivity contribution >= 4 is 62.9 Å². The lowest BCUT2D eigenvalue weighted by Gasteiger charge is -2.11. The van der Waals surface area contributed by atoms with Crippen molar-refractivity contribution in [3.05, 3.63) is 117 Å². The van der Waals surface area contributed by atoms with Crippen molar-refractivity contribution in [3.8, 4) is 23.1 Å². The molecular weight excluding hydrogens is 610 g/mol. The third-order valence-electron chi connectivity index (χ3n) is 6.51. The number of anilines is 1. The summed E-state index contributed by atoms with van der Waals surface area (Å²) in [6, 6.07) is 22.5. The molecule has 6 aromatic rings. The van der Waals surface area contributed by atoms with Gasteiger partial charge < -0.3 is 19.2 Å². The largest absolute Gasteiger partial charge is 0.496 e. The van der Waals surface area contributed by atoms with Gasteiger partial charge in [-0.05, 0) is 66.2 Å². The highest BCUT2D eigenvalue weighted by Crippen LogP contribution is 2.35. The first-order chi connectivity index (χ1) is 21.3. The summed E-state index contributed by atoms with van der Waals surface area (Å²) in [6.45, 7) is -0.423. The number of hydrogen-bond donors (Lipinski definition) is 1. The second-order valence-electron chi connectivity index (χ2n) is 9.46. The van der Waals surface area contributed by atoms with Gasteiger partial charge in [0.1, 0.15) is 17.1 Å². The number of ether oxygens (including phenoxy) is 2. The monoisotopic (exact) mass is 630 g/mol. The Hall–Kier alpha value is -5.19. The number of carbonyl (C=O) groups is 1. The summed E-state index contributed by atoms with van der Waals surface area (Å²) < 4.78 is 31.6. The van der Waals surface area contributed by atoms with Crippen molar-refractivity contribution in [1.82, 2.24) is 9.66 Å². The molecule has 0 aliphatic rings. The SMILES string of the molecule is COc1cccc2oc(-c3nc4ccccc4c(=O)n3N=Cc3cc(Cl)c(OCC(=O)Nc4cccc(F)c4)c(Cl)c3)cc12. The summed E-state index contributed by atoms with van der Waals surface area (Å²) in [5.74, 6) is 0.131. The number of nitrogens with zero attached hydrogens (tertiary/aromatic N) is 3. The number of hydrogen-bond acceptors (Lipinski definition) is 7. The normalized spacial score (nSPS) is 11.4. The van der Waals surface area contributed by atoms with E-state index in [9.17, 15) is 14.0 Å². The van der Waals surface area contributed by atoms with Crippen LogP contribution < -0.4 is 20.3 Å². The Balaban J connectivity index is 1.31. The zero-order valence-corrected chi connectivity index (χ0v) is 24.4. The molecule has 0 aliphatic carbocycles. The Morgan fingerprint density at radius 2 is 1.80 bits per heavy atom. The second kappa shape index (κ2) is 12.2. The van der Waals surface area contributed by atoms with Gasteiger partial charge in [0.05, 0.1) is 39.7 Å². The Labute approximate surface area is 259 Å². The molecule has 4 aromatic carbocycles. The van der Waals surface area contributed by atoms with Crippen molar-refractivity contribution < 1.29 is 23.1 Å². The molecule has 0 saturated carbocycles. The third-order valence-corrected chi connectivity index (χ3v) is 7.08. The van der Waals surface area contributed by atoms with Crippen molar-refractivity contribution in [2.75, 3.05) is 19.0 Å². The number of aromatic nitrogens is 2. The van der Waals surface area contributed by atoms with Crippen LogP contribution in [0.15, 0.2) is 99.2 Å². The molecule has 1 amide bonds. The maximum atomic E-state index is 13.6. The van der Waals surface area contributed by atoms with E-state index in [0.29, 0.717) is 38.9 Å². The maximum absolute atomic E-state index is 13.6. The van der Waals surface area contributed by atoms with Gasteiger partial charge in [-0.15, -0.1) is 0 Å². The van der Waals surface area contributed by atoms with Crippen LogP contribution in [0.1, 0.15) is 5.56 Å². The number of para-hydroxylation sites is 1. The summed E-state index contributed by atoms with van der Waals surface area (Å²) in [7, 11) is 1.56. The molecule has 2 heterocycles.